The molecule has 0 spiro atoms. The molecule has 0 radical (unpaired) electrons. The molecule has 0 saturated carbocycles. The van der Waals surface area contributed by atoms with Crippen molar-refractivity contribution >= 4 is 34.8 Å². The summed E-state index contributed by atoms with van der Waals surface area (Å²) in [6.07, 6.45) is 4.14. The second-order valence-corrected chi connectivity index (χ2v) is 4.99. The maximum Gasteiger partial charge on any atom is 0.154 e. The van der Waals surface area contributed by atoms with Gasteiger partial charge in [0.1, 0.15) is 5.02 Å². The van der Waals surface area contributed by atoms with E-state index >= 15 is 0 Å². The molecule has 0 atom stereocenters. The zero-order valence-corrected chi connectivity index (χ0v) is 11.7. The van der Waals surface area contributed by atoms with Crippen molar-refractivity contribution < 1.29 is 5.11 Å². The molecule has 1 rings (SSSR count). The number of phenols is 1. The zero-order valence-electron chi connectivity index (χ0n) is 9.41. The highest BCUT2D eigenvalue weighted by Gasteiger charge is 2.17. The number of hydrogen-bond donors (Lipinski definition) is 1. The van der Waals surface area contributed by atoms with Gasteiger partial charge in [0.25, 0.3) is 0 Å². The van der Waals surface area contributed by atoms with Crippen molar-refractivity contribution in [3.63, 3.8) is 0 Å². The van der Waals surface area contributed by atoms with Crippen LogP contribution in [0.5, 0.6) is 5.75 Å². The number of rotatable bonds is 4. The summed E-state index contributed by atoms with van der Waals surface area (Å²) >= 11 is 17.9. The monoisotopic (exact) mass is 280 g/mol. The van der Waals surface area contributed by atoms with E-state index in [2.05, 4.69) is 6.92 Å². The Bertz CT molecular complexity index is 359. The minimum absolute atomic E-state index is 0.106. The summed E-state index contributed by atoms with van der Waals surface area (Å²) in [6.45, 7) is 4.02. The van der Waals surface area contributed by atoms with Crippen molar-refractivity contribution in [2.75, 3.05) is 0 Å². The van der Waals surface area contributed by atoms with Crippen LogP contribution >= 0.6 is 34.8 Å². The molecule has 90 valence electrons. The maximum absolute atomic E-state index is 9.70. The van der Waals surface area contributed by atoms with Crippen molar-refractivity contribution in [1.82, 2.24) is 0 Å². The van der Waals surface area contributed by atoms with Gasteiger partial charge in [-0.3, -0.25) is 0 Å². The summed E-state index contributed by atoms with van der Waals surface area (Å²) < 4.78 is 0. The van der Waals surface area contributed by atoms with Gasteiger partial charge in [-0.05, 0) is 30.9 Å². The largest absolute Gasteiger partial charge is 0.505 e. The van der Waals surface area contributed by atoms with E-state index in [-0.39, 0.29) is 10.8 Å². The van der Waals surface area contributed by atoms with E-state index < -0.39 is 0 Å². The molecule has 1 aromatic carbocycles. The van der Waals surface area contributed by atoms with Crippen molar-refractivity contribution in [3.8, 4) is 5.75 Å². The molecule has 0 unspecified atom stereocenters. The Morgan fingerprint density at radius 3 is 2.19 bits per heavy atom. The average molecular weight is 282 g/mol. The molecule has 4 heteroatoms. The lowest BCUT2D eigenvalue weighted by atomic mass is 10.0. The lowest BCUT2D eigenvalue weighted by Crippen LogP contribution is -1.94. The summed E-state index contributed by atoms with van der Waals surface area (Å²) in [6, 6.07) is 0. The van der Waals surface area contributed by atoms with E-state index in [9.17, 15) is 5.11 Å². The first kappa shape index (κ1) is 14.0. The van der Waals surface area contributed by atoms with Gasteiger partial charge in [-0.2, -0.15) is 0 Å². The van der Waals surface area contributed by atoms with Gasteiger partial charge in [-0.1, -0.05) is 54.6 Å². The highest BCUT2D eigenvalue weighted by Crippen LogP contribution is 2.42. The number of benzene rings is 1. The topological polar surface area (TPSA) is 20.2 Å². The van der Waals surface area contributed by atoms with Gasteiger partial charge < -0.3 is 5.11 Å². The third-order valence-electron chi connectivity index (χ3n) is 2.69. The third kappa shape index (κ3) is 2.77. The van der Waals surface area contributed by atoms with Crippen LogP contribution in [-0.4, -0.2) is 5.11 Å². The molecule has 0 heterocycles. The van der Waals surface area contributed by atoms with E-state index in [1.807, 2.05) is 6.92 Å². The molecule has 0 bridgehead atoms. The van der Waals surface area contributed by atoms with Gasteiger partial charge in [0, 0.05) is 0 Å². The molecule has 0 aromatic heterocycles. The minimum Gasteiger partial charge on any atom is -0.505 e. The molecule has 0 aliphatic carbocycles. The Hall–Kier alpha value is -0.110. The van der Waals surface area contributed by atoms with Gasteiger partial charge in [0.15, 0.2) is 5.75 Å². The summed E-state index contributed by atoms with van der Waals surface area (Å²) in [4.78, 5) is 0. The molecule has 1 aromatic rings. The summed E-state index contributed by atoms with van der Waals surface area (Å²) in [5.41, 5.74) is 1.77. The zero-order chi connectivity index (χ0) is 12.3. The first-order valence-corrected chi connectivity index (χ1v) is 6.49. The Morgan fingerprint density at radius 2 is 1.62 bits per heavy atom. The third-order valence-corrected chi connectivity index (χ3v) is 4.03. The lowest BCUT2D eigenvalue weighted by molar-refractivity contribution is 0.474. The lowest BCUT2D eigenvalue weighted by Gasteiger charge is -2.13. The van der Waals surface area contributed by atoms with Crippen molar-refractivity contribution in [2.45, 2.75) is 39.5 Å². The molecule has 0 amide bonds. The first-order chi connectivity index (χ1) is 7.50. The van der Waals surface area contributed by atoms with E-state index in [1.165, 1.54) is 0 Å². The predicted octanol–water partition coefficient (Wildman–Crippen LogP) is 5.39. The quantitative estimate of drug-likeness (QED) is 0.579. The van der Waals surface area contributed by atoms with E-state index in [1.54, 1.807) is 0 Å². The van der Waals surface area contributed by atoms with Crippen LogP contribution in [0.2, 0.25) is 15.1 Å². The van der Waals surface area contributed by atoms with Crippen molar-refractivity contribution in [2.24, 2.45) is 0 Å². The molecule has 0 fully saturated rings. The fourth-order valence-electron chi connectivity index (χ4n) is 1.65. The Balaban J connectivity index is 3.08. The molecular weight excluding hydrogens is 266 g/mol. The fourth-order valence-corrected chi connectivity index (χ4v) is 2.47. The summed E-state index contributed by atoms with van der Waals surface area (Å²) in [7, 11) is 0. The van der Waals surface area contributed by atoms with Gasteiger partial charge in [0.05, 0.1) is 10.0 Å². The van der Waals surface area contributed by atoms with Crippen LogP contribution in [0.4, 0.5) is 0 Å². The van der Waals surface area contributed by atoms with Crippen molar-refractivity contribution in [1.29, 1.82) is 0 Å². The van der Waals surface area contributed by atoms with E-state index in [4.69, 9.17) is 34.8 Å². The van der Waals surface area contributed by atoms with Gasteiger partial charge in [0.2, 0.25) is 0 Å². The number of hydrogen-bond acceptors (Lipinski definition) is 1. The molecule has 0 aliphatic rings. The van der Waals surface area contributed by atoms with Gasteiger partial charge in [-0.15, -0.1) is 0 Å². The van der Waals surface area contributed by atoms with Crippen LogP contribution in [0.1, 0.15) is 37.3 Å². The maximum atomic E-state index is 9.70. The minimum atomic E-state index is -0.106. The highest BCUT2D eigenvalue weighted by molar-refractivity contribution is 6.45. The molecule has 1 nitrogen and oxygen atoms in total. The number of aromatic hydroxyl groups is 1. The molecule has 0 aliphatic heterocycles. The van der Waals surface area contributed by atoms with Crippen LogP contribution in [0, 0.1) is 6.92 Å². The van der Waals surface area contributed by atoms with Crippen LogP contribution < -0.4 is 0 Å². The molecule has 16 heavy (non-hydrogen) atoms. The van der Waals surface area contributed by atoms with Crippen LogP contribution in [-0.2, 0) is 6.42 Å². The Morgan fingerprint density at radius 1 is 1.00 bits per heavy atom. The fraction of sp³-hybridized carbons (Fsp3) is 0.500. The van der Waals surface area contributed by atoms with Crippen LogP contribution in [0.15, 0.2) is 0 Å². The summed E-state index contributed by atoms with van der Waals surface area (Å²) in [5.74, 6) is -0.106. The van der Waals surface area contributed by atoms with Gasteiger partial charge in [-0.25, -0.2) is 0 Å². The molecule has 1 N–H and O–H groups in total. The smallest absolute Gasteiger partial charge is 0.154 e. The van der Waals surface area contributed by atoms with Crippen LogP contribution in [0.25, 0.3) is 0 Å². The second kappa shape index (κ2) is 6.00. The second-order valence-electron chi connectivity index (χ2n) is 3.85. The molecule has 0 saturated heterocycles. The first-order valence-electron chi connectivity index (χ1n) is 5.35. The summed E-state index contributed by atoms with van der Waals surface area (Å²) in [5, 5.41) is 10.6. The van der Waals surface area contributed by atoms with Gasteiger partial charge >= 0.3 is 0 Å². The number of unbranched alkanes of at least 4 members (excludes halogenated alkanes) is 2. The van der Waals surface area contributed by atoms with Crippen LogP contribution in [0.3, 0.4) is 0 Å². The Labute approximate surface area is 111 Å². The highest BCUT2D eigenvalue weighted by atomic mass is 35.5. The van der Waals surface area contributed by atoms with E-state index in [0.29, 0.717) is 10.0 Å². The number of phenolic OH excluding ortho intramolecular Hbond substituents is 1. The Kier molecular flexibility index (Phi) is 5.23. The SMILES string of the molecule is CCCCCc1c(C)c(Cl)c(Cl)c(O)c1Cl. The number of halogens is 3. The normalized spacial score (nSPS) is 10.8. The van der Waals surface area contributed by atoms with E-state index in [0.717, 1.165) is 36.8 Å². The average Bonchev–Trinajstić information content (AvgIpc) is 2.28. The predicted molar refractivity (Wildman–Crippen MR) is 71.1 cm³/mol. The van der Waals surface area contributed by atoms with Crippen molar-refractivity contribution in [3.05, 3.63) is 26.2 Å². The molecular formula is C12H15Cl3O. The standard InChI is InChI=1S/C12H15Cl3O/c1-3-4-5-6-8-7(2)9(13)11(15)12(16)10(8)14/h16H,3-6H2,1-2H3.